The molecule has 0 aromatic rings. The standard InChI is InChI=1S/C28H54N2S2/c1-3-5-7-9-11-13-15-17-19-21-23-29-25-26-30(28(32)27(29)31)24-22-20-18-16-14-12-10-8-6-4-2/h3-26H2,1-2H3. The molecule has 188 valence electrons. The van der Waals surface area contributed by atoms with Gasteiger partial charge < -0.3 is 9.80 Å². The van der Waals surface area contributed by atoms with Crippen molar-refractivity contribution in [3.8, 4) is 0 Å². The first kappa shape index (κ1) is 29.8. The predicted octanol–water partition coefficient (Wildman–Crippen LogP) is 9.10. The van der Waals surface area contributed by atoms with E-state index in [2.05, 4.69) is 23.6 Å². The number of hydrogen-bond donors (Lipinski definition) is 0. The first-order valence-electron chi connectivity index (χ1n) is 14.3. The third kappa shape index (κ3) is 14.8. The van der Waals surface area contributed by atoms with Crippen LogP contribution >= 0.6 is 24.4 Å². The molecule has 2 nitrogen and oxygen atoms in total. The topological polar surface area (TPSA) is 6.48 Å². The van der Waals surface area contributed by atoms with Gasteiger partial charge in [-0.05, 0) is 12.8 Å². The maximum absolute atomic E-state index is 5.72. The second-order valence-electron chi connectivity index (χ2n) is 9.95. The van der Waals surface area contributed by atoms with E-state index in [4.69, 9.17) is 24.4 Å². The van der Waals surface area contributed by atoms with E-state index in [1.165, 1.54) is 128 Å². The Bertz CT molecular complexity index is 424. The predicted molar refractivity (Wildman–Crippen MR) is 152 cm³/mol. The van der Waals surface area contributed by atoms with Crippen molar-refractivity contribution in [2.75, 3.05) is 26.2 Å². The molecular weight excluding hydrogens is 428 g/mol. The molecule has 1 aliphatic heterocycles. The van der Waals surface area contributed by atoms with Crippen LogP contribution in [0.25, 0.3) is 0 Å². The third-order valence-electron chi connectivity index (χ3n) is 6.96. The molecule has 1 rings (SSSR count). The summed E-state index contributed by atoms with van der Waals surface area (Å²) in [5.74, 6) is 0. The smallest absolute Gasteiger partial charge is 0.136 e. The molecule has 1 aliphatic rings. The van der Waals surface area contributed by atoms with Crippen LogP contribution in [0.5, 0.6) is 0 Å². The van der Waals surface area contributed by atoms with Crippen molar-refractivity contribution < 1.29 is 0 Å². The van der Waals surface area contributed by atoms with Crippen LogP contribution in [0.1, 0.15) is 142 Å². The molecule has 1 fully saturated rings. The molecule has 1 heterocycles. The van der Waals surface area contributed by atoms with Gasteiger partial charge >= 0.3 is 0 Å². The molecule has 0 aromatic carbocycles. The summed E-state index contributed by atoms with van der Waals surface area (Å²) >= 11 is 11.4. The normalized spacial score (nSPS) is 14.6. The number of nitrogens with zero attached hydrogens (tertiary/aromatic N) is 2. The molecule has 0 aromatic heterocycles. The first-order chi connectivity index (χ1) is 15.7. The molecule has 0 unspecified atom stereocenters. The van der Waals surface area contributed by atoms with E-state index in [9.17, 15) is 0 Å². The first-order valence-corrected chi connectivity index (χ1v) is 15.1. The van der Waals surface area contributed by atoms with Gasteiger partial charge in [-0.25, -0.2) is 0 Å². The van der Waals surface area contributed by atoms with Crippen molar-refractivity contribution in [1.82, 2.24) is 9.80 Å². The van der Waals surface area contributed by atoms with Gasteiger partial charge in [0, 0.05) is 26.2 Å². The van der Waals surface area contributed by atoms with Crippen molar-refractivity contribution in [3.05, 3.63) is 0 Å². The van der Waals surface area contributed by atoms with E-state index >= 15 is 0 Å². The molecule has 1 saturated heterocycles. The van der Waals surface area contributed by atoms with Crippen molar-refractivity contribution in [2.24, 2.45) is 0 Å². The zero-order valence-electron chi connectivity index (χ0n) is 21.7. The Morgan fingerprint density at radius 3 is 0.969 bits per heavy atom. The lowest BCUT2D eigenvalue weighted by molar-refractivity contribution is 0.313. The summed E-state index contributed by atoms with van der Waals surface area (Å²) in [6.45, 7) is 8.90. The van der Waals surface area contributed by atoms with Gasteiger partial charge in [0.05, 0.1) is 0 Å². The number of rotatable bonds is 22. The van der Waals surface area contributed by atoms with Gasteiger partial charge in [-0.1, -0.05) is 154 Å². The summed E-state index contributed by atoms with van der Waals surface area (Å²) in [5.41, 5.74) is 0. The molecule has 0 bridgehead atoms. The van der Waals surface area contributed by atoms with E-state index in [1.807, 2.05) is 0 Å². The number of hydrogen-bond acceptors (Lipinski definition) is 2. The summed E-state index contributed by atoms with van der Waals surface area (Å²) < 4.78 is 0. The molecule has 4 heteroatoms. The Hall–Kier alpha value is -0.220. The van der Waals surface area contributed by atoms with Crippen LogP contribution in [0.15, 0.2) is 0 Å². The third-order valence-corrected chi connectivity index (χ3v) is 7.99. The summed E-state index contributed by atoms with van der Waals surface area (Å²) in [6.07, 6.45) is 27.7. The minimum atomic E-state index is 0.939. The highest BCUT2D eigenvalue weighted by atomic mass is 32.1. The molecule has 0 saturated carbocycles. The van der Waals surface area contributed by atoms with E-state index < -0.39 is 0 Å². The molecule has 0 aliphatic carbocycles. The molecule has 0 radical (unpaired) electrons. The summed E-state index contributed by atoms with van der Waals surface area (Å²) in [4.78, 5) is 6.62. The van der Waals surface area contributed by atoms with Crippen LogP contribution in [0, 0.1) is 0 Å². The fourth-order valence-electron chi connectivity index (χ4n) is 4.72. The average molecular weight is 483 g/mol. The van der Waals surface area contributed by atoms with Crippen molar-refractivity contribution in [2.45, 2.75) is 142 Å². The molecular formula is C28H54N2S2. The number of thiocarbonyl (C=S) groups is 2. The highest BCUT2D eigenvalue weighted by molar-refractivity contribution is 7.89. The number of piperazine rings is 1. The fraction of sp³-hybridized carbons (Fsp3) is 0.929. The van der Waals surface area contributed by atoms with Crippen molar-refractivity contribution in [3.63, 3.8) is 0 Å². The molecule has 0 atom stereocenters. The van der Waals surface area contributed by atoms with Gasteiger partial charge in [0.25, 0.3) is 0 Å². The van der Waals surface area contributed by atoms with E-state index in [-0.39, 0.29) is 0 Å². The van der Waals surface area contributed by atoms with Crippen LogP contribution in [-0.2, 0) is 0 Å². The second kappa shape index (κ2) is 21.3. The lowest BCUT2D eigenvalue weighted by atomic mass is 10.1. The van der Waals surface area contributed by atoms with E-state index in [1.54, 1.807) is 0 Å². The highest BCUT2D eigenvalue weighted by Crippen LogP contribution is 2.15. The lowest BCUT2D eigenvalue weighted by Crippen LogP contribution is -2.52. The van der Waals surface area contributed by atoms with Gasteiger partial charge in [0.2, 0.25) is 0 Å². The minimum Gasteiger partial charge on any atom is -0.359 e. The van der Waals surface area contributed by atoms with Gasteiger partial charge in [0.1, 0.15) is 9.98 Å². The van der Waals surface area contributed by atoms with Gasteiger partial charge in [-0.2, -0.15) is 0 Å². The van der Waals surface area contributed by atoms with Crippen LogP contribution < -0.4 is 0 Å². The highest BCUT2D eigenvalue weighted by Gasteiger charge is 2.24. The Balaban J connectivity index is 1.99. The second-order valence-corrected chi connectivity index (χ2v) is 10.7. The van der Waals surface area contributed by atoms with Gasteiger partial charge in [-0.15, -0.1) is 0 Å². The minimum absolute atomic E-state index is 0.939. The maximum atomic E-state index is 5.72. The van der Waals surface area contributed by atoms with Crippen LogP contribution in [0.4, 0.5) is 0 Å². The largest absolute Gasteiger partial charge is 0.359 e. The van der Waals surface area contributed by atoms with Crippen LogP contribution in [0.3, 0.4) is 0 Å². The Labute approximate surface area is 212 Å². The van der Waals surface area contributed by atoms with Crippen LogP contribution in [0.2, 0.25) is 0 Å². The SMILES string of the molecule is CCCCCCCCCCCCN1CCN(CCCCCCCCCCCC)C(=S)C1=S. The molecule has 0 N–H and O–H groups in total. The zero-order valence-corrected chi connectivity index (χ0v) is 23.3. The summed E-state index contributed by atoms with van der Waals surface area (Å²) in [7, 11) is 0. The summed E-state index contributed by atoms with van der Waals surface area (Å²) in [5, 5.41) is 0. The quantitative estimate of drug-likeness (QED) is 0.112. The average Bonchev–Trinajstić information content (AvgIpc) is 2.80. The number of unbranched alkanes of at least 4 members (excludes halogenated alkanes) is 18. The lowest BCUT2D eigenvalue weighted by Gasteiger charge is -2.38. The Kier molecular flexibility index (Phi) is 19.9. The van der Waals surface area contributed by atoms with E-state index in [0.717, 1.165) is 36.2 Å². The van der Waals surface area contributed by atoms with E-state index in [0.29, 0.717) is 0 Å². The van der Waals surface area contributed by atoms with Crippen LogP contribution in [-0.4, -0.2) is 46.0 Å². The maximum Gasteiger partial charge on any atom is 0.136 e. The van der Waals surface area contributed by atoms with Crippen molar-refractivity contribution >= 4 is 34.4 Å². The molecule has 0 spiro atoms. The monoisotopic (exact) mass is 482 g/mol. The Morgan fingerprint density at radius 2 is 0.688 bits per heavy atom. The zero-order chi connectivity index (χ0) is 23.3. The fourth-order valence-corrected chi connectivity index (χ4v) is 5.35. The van der Waals surface area contributed by atoms with Gasteiger partial charge in [-0.3, -0.25) is 0 Å². The molecule has 0 amide bonds. The molecule has 32 heavy (non-hydrogen) atoms. The Morgan fingerprint density at radius 1 is 0.438 bits per heavy atom. The summed E-state index contributed by atoms with van der Waals surface area (Å²) in [6, 6.07) is 0. The van der Waals surface area contributed by atoms with Gasteiger partial charge in [0.15, 0.2) is 0 Å². The van der Waals surface area contributed by atoms with Crippen molar-refractivity contribution in [1.29, 1.82) is 0 Å².